The Bertz CT molecular complexity index is 349. The highest BCUT2D eigenvalue weighted by Crippen LogP contribution is 2.41. The van der Waals surface area contributed by atoms with Gasteiger partial charge in [0.05, 0.1) is 5.60 Å². The molecule has 0 amide bonds. The van der Waals surface area contributed by atoms with E-state index in [4.69, 9.17) is 0 Å². The summed E-state index contributed by atoms with van der Waals surface area (Å²) in [6.45, 7) is 0. The molecule has 1 nitrogen and oxygen atoms in total. The Labute approximate surface area is 79.2 Å². The number of hydrogen-bond donors (Lipinski definition) is 1. The fraction of sp³-hybridized carbons (Fsp3) is 0.400. The number of rotatable bonds is 1. The monoisotopic (exact) mass is 202 g/mol. The van der Waals surface area contributed by atoms with Crippen LogP contribution in [0.5, 0.6) is 0 Å². The van der Waals surface area contributed by atoms with Gasteiger partial charge in [0.15, 0.2) is 17.5 Å². The molecule has 1 aliphatic carbocycles. The fourth-order valence-electron chi connectivity index (χ4n) is 1.62. The molecule has 0 aromatic heterocycles. The van der Waals surface area contributed by atoms with Crippen molar-refractivity contribution in [1.29, 1.82) is 0 Å². The van der Waals surface area contributed by atoms with Crippen LogP contribution in [-0.2, 0) is 5.60 Å². The van der Waals surface area contributed by atoms with Crippen molar-refractivity contribution in [1.82, 2.24) is 0 Å². The minimum absolute atomic E-state index is 0.125. The van der Waals surface area contributed by atoms with Crippen LogP contribution in [-0.4, -0.2) is 5.11 Å². The first-order valence-corrected chi connectivity index (χ1v) is 4.40. The Morgan fingerprint density at radius 2 is 1.57 bits per heavy atom. The van der Waals surface area contributed by atoms with Crippen molar-refractivity contribution in [3.05, 3.63) is 35.1 Å². The summed E-state index contributed by atoms with van der Waals surface area (Å²) >= 11 is 0. The molecule has 1 aliphatic rings. The molecular formula is C10H9F3O. The zero-order chi connectivity index (χ0) is 10.3. The molecule has 0 saturated heterocycles. The van der Waals surface area contributed by atoms with E-state index < -0.39 is 23.1 Å². The fourth-order valence-corrected chi connectivity index (χ4v) is 1.62. The summed E-state index contributed by atoms with van der Waals surface area (Å²) in [5, 5.41) is 9.77. The third-order valence-corrected chi connectivity index (χ3v) is 2.70. The lowest BCUT2D eigenvalue weighted by molar-refractivity contribution is -0.0393. The molecule has 4 heteroatoms. The maximum Gasteiger partial charge on any atom is 0.194 e. The average molecular weight is 202 g/mol. The second kappa shape index (κ2) is 2.98. The molecule has 2 rings (SSSR count). The van der Waals surface area contributed by atoms with Gasteiger partial charge in [-0.15, -0.1) is 0 Å². The number of hydrogen-bond acceptors (Lipinski definition) is 1. The van der Waals surface area contributed by atoms with E-state index in [0.717, 1.165) is 18.6 Å². The zero-order valence-corrected chi connectivity index (χ0v) is 7.36. The molecule has 1 saturated carbocycles. The van der Waals surface area contributed by atoms with Crippen LogP contribution in [0.2, 0.25) is 0 Å². The standard InChI is InChI=1S/C10H9F3O/c11-7-4-6(5-8(12)9(7)13)10(14)2-1-3-10/h4-5,14H,1-3H2. The molecule has 1 N–H and O–H groups in total. The van der Waals surface area contributed by atoms with Crippen LogP contribution in [0, 0.1) is 17.5 Å². The summed E-state index contributed by atoms with van der Waals surface area (Å²) in [5.41, 5.74) is -1.03. The summed E-state index contributed by atoms with van der Waals surface area (Å²) in [7, 11) is 0. The molecule has 0 radical (unpaired) electrons. The van der Waals surface area contributed by atoms with Gasteiger partial charge in [-0.1, -0.05) is 0 Å². The second-order valence-corrected chi connectivity index (χ2v) is 3.64. The Kier molecular flexibility index (Phi) is 2.03. The topological polar surface area (TPSA) is 20.2 Å². The lowest BCUT2D eigenvalue weighted by atomic mass is 9.75. The molecule has 0 heterocycles. The molecule has 1 aromatic carbocycles. The van der Waals surface area contributed by atoms with Crippen LogP contribution in [0.4, 0.5) is 13.2 Å². The summed E-state index contributed by atoms with van der Waals surface area (Å²) in [5.74, 6) is -3.99. The quantitative estimate of drug-likeness (QED) is 0.693. The van der Waals surface area contributed by atoms with Gasteiger partial charge >= 0.3 is 0 Å². The molecule has 0 atom stereocenters. The van der Waals surface area contributed by atoms with Crippen LogP contribution in [0.3, 0.4) is 0 Å². The predicted molar refractivity (Wildman–Crippen MR) is 44.1 cm³/mol. The van der Waals surface area contributed by atoms with Gasteiger partial charge in [0.2, 0.25) is 0 Å². The van der Waals surface area contributed by atoms with Gasteiger partial charge < -0.3 is 5.11 Å². The van der Waals surface area contributed by atoms with Crippen LogP contribution in [0.25, 0.3) is 0 Å². The Balaban J connectivity index is 2.45. The van der Waals surface area contributed by atoms with E-state index in [9.17, 15) is 18.3 Å². The third kappa shape index (κ3) is 1.30. The van der Waals surface area contributed by atoms with E-state index >= 15 is 0 Å². The number of halogens is 3. The Hall–Kier alpha value is -1.03. The third-order valence-electron chi connectivity index (χ3n) is 2.70. The van der Waals surface area contributed by atoms with E-state index in [2.05, 4.69) is 0 Å². The highest BCUT2D eigenvalue weighted by molar-refractivity contribution is 5.27. The Morgan fingerprint density at radius 1 is 1.07 bits per heavy atom. The maximum absolute atomic E-state index is 12.8. The SMILES string of the molecule is OC1(c2cc(F)c(F)c(F)c2)CCC1. The van der Waals surface area contributed by atoms with Crippen LogP contribution in [0.15, 0.2) is 12.1 Å². The van der Waals surface area contributed by atoms with Crippen LogP contribution >= 0.6 is 0 Å². The van der Waals surface area contributed by atoms with E-state index in [1.54, 1.807) is 0 Å². The van der Waals surface area contributed by atoms with Crippen molar-refractivity contribution in [2.45, 2.75) is 24.9 Å². The summed E-state index contributed by atoms with van der Waals surface area (Å²) in [4.78, 5) is 0. The van der Waals surface area contributed by atoms with Crippen LogP contribution < -0.4 is 0 Å². The van der Waals surface area contributed by atoms with Gasteiger partial charge in [-0.25, -0.2) is 13.2 Å². The van der Waals surface area contributed by atoms with E-state index in [1.165, 1.54) is 0 Å². The smallest absolute Gasteiger partial charge is 0.194 e. The van der Waals surface area contributed by atoms with E-state index in [-0.39, 0.29) is 5.56 Å². The minimum Gasteiger partial charge on any atom is -0.385 e. The van der Waals surface area contributed by atoms with Crippen molar-refractivity contribution in [3.8, 4) is 0 Å². The molecule has 0 spiro atoms. The summed E-state index contributed by atoms with van der Waals surface area (Å²) in [6.07, 6.45) is 1.76. The largest absolute Gasteiger partial charge is 0.385 e. The first kappa shape index (κ1) is 9.52. The van der Waals surface area contributed by atoms with Gasteiger partial charge in [-0.2, -0.15) is 0 Å². The van der Waals surface area contributed by atoms with Crippen molar-refractivity contribution < 1.29 is 18.3 Å². The molecule has 0 aliphatic heterocycles. The highest BCUT2D eigenvalue weighted by atomic mass is 19.2. The molecule has 0 unspecified atom stereocenters. The van der Waals surface area contributed by atoms with E-state index in [1.807, 2.05) is 0 Å². The van der Waals surface area contributed by atoms with Crippen molar-refractivity contribution in [3.63, 3.8) is 0 Å². The molecule has 14 heavy (non-hydrogen) atoms. The molecule has 1 aromatic rings. The molecular weight excluding hydrogens is 193 g/mol. The lowest BCUT2D eigenvalue weighted by Gasteiger charge is -2.37. The predicted octanol–water partition coefficient (Wildman–Crippen LogP) is 2.48. The van der Waals surface area contributed by atoms with Gasteiger partial charge in [-0.05, 0) is 37.0 Å². The van der Waals surface area contributed by atoms with Crippen molar-refractivity contribution in [2.75, 3.05) is 0 Å². The number of benzene rings is 1. The highest BCUT2D eigenvalue weighted by Gasteiger charge is 2.37. The molecule has 0 bridgehead atoms. The number of aliphatic hydroxyl groups is 1. The van der Waals surface area contributed by atoms with E-state index in [0.29, 0.717) is 12.8 Å². The lowest BCUT2D eigenvalue weighted by Crippen LogP contribution is -2.33. The van der Waals surface area contributed by atoms with Gasteiger partial charge in [-0.3, -0.25) is 0 Å². The van der Waals surface area contributed by atoms with Crippen molar-refractivity contribution in [2.24, 2.45) is 0 Å². The molecule has 76 valence electrons. The van der Waals surface area contributed by atoms with Gasteiger partial charge in [0, 0.05) is 0 Å². The Morgan fingerprint density at radius 3 is 1.93 bits per heavy atom. The minimum atomic E-state index is -1.49. The maximum atomic E-state index is 12.8. The van der Waals surface area contributed by atoms with Gasteiger partial charge in [0.25, 0.3) is 0 Å². The molecule has 1 fully saturated rings. The average Bonchev–Trinajstić information content (AvgIpc) is 2.09. The van der Waals surface area contributed by atoms with Crippen LogP contribution in [0.1, 0.15) is 24.8 Å². The zero-order valence-electron chi connectivity index (χ0n) is 7.36. The van der Waals surface area contributed by atoms with Crippen molar-refractivity contribution >= 4 is 0 Å². The first-order valence-electron chi connectivity index (χ1n) is 4.40. The summed E-state index contributed by atoms with van der Waals surface area (Å²) < 4.78 is 38.2. The second-order valence-electron chi connectivity index (χ2n) is 3.64. The first-order chi connectivity index (χ1) is 6.53. The normalized spacial score (nSPS) is 19.1. The summed E-state index contributed by atoms with van der Waals surface area (Å²) in [6, 6.07) is 1.72. The van der Waals surface area contributed by atoms with Gasteiger partial charge in [0.1, 0.15) is 0 Å².